The quantitative estimate of drug-likeness (QED) is 0.821. The number of H-pyrrole nitrogens is 1. The number of aromatic nitrogens is 3. The van der Waals surface area contributed by atoms with Crippen LogP contribution in [0.2, 0.25) is 0 Å². The fraction of sp³-hybridized carbons (Fsp3) is 0.100. The molecule has 0 bridgehead atoms. The highest BCUT2D eigenvalue weighted by Crippen LogP contribution is 2.26. The van der Waals surface area contributed by atoms with Gasteiger partial charge in [-0.3, -0.25) is 4.79 Å². The van der Waals surface area contributed by atoms with E-state index in [1.165, 1.54) is 12.1 Å². The number of thioether (sulfide) groups is 1. The second kappa shape index (κ2) is 5.57. The first-order chi connectivity index (χ1) is 9.00. The molecule has 0 radical (unpaired) electrons. The second-order valence-electron chi connectivity index (χ2n) is 3.40. The van der Waals surface area contributed by atoms with Gasteiger partial charge < -0.3 is 5.11 Å². The summed E-state index contributed by atoms with van der Waals surface area (Å²) < 4.78 is 15.2. The van der Waals surface area contributed by atoms with E-state index in [0.29, 0.717) is 4.47 Å². The molecule has 9 heteroatoms. The molecule has 0 atom stereocenters. The summed E-state index contributed by atoms with van der Waals surface area (Å²) in [7, 11) is 0. The number of carboxylic acids is 1. The van der Waals surface area contributed by atoms with Crippen LogP contribution in [-0.2, 0) is 4.79 Å². The Morgan fingerprint density at radius 2 is 2.32 bits per heavy atom. The first-order valence-corrected chi connectivity index (χ1v) is 6.75. The van der Waals surface area contributed by atoms with Gasteiger partial charge in [0.05, 0.1) is 5.75 Å². The lowest BCUT2D eigenvalue weighted by Gasteiger charge is -2.07. The van der Waals surface area contributed by atoms with Crippen molar-refractivity contribution in [3.05, 3.63) is 39.0 Å². The maximum Gasteiger partial charge on any atom is 0.348 e. The maximum absolute atomic E-state index is 13.8. The van der Waals surface area contributed by atoms with E-state index in [0.717, 1.165) is 16.3 Å². The molecule has 0 aliphatic carbocycles. The van der Waals surface area contributed by atoms with Crippen molar-refractivity contribution in [2.45, 2.75) is 5.16 Å². The maximum atomic E-state index is 13.8. The van der Waals surface area contributed by atoms with Gasteiger partial charge in [-0.25, -0.2) is 18.9 Å². The predicted molar refractivity (Wildman–Crippen MR) is 70.2 cm³/mol. The molecule has 0 unspecified atom stereocenters. The molecule has 1 aromatic carbocycles. The molecule has 0 saturated carbocycles. The van der Waals surface area contributed by atoms with Crippen LogP contribution in [0, 0.1) is 5.82 Å². The summed E-state index contributed by atoms with van der Waals surface area (Å²) in [5.41, 5.74) is -0.646. The smallest absolute Gasteiger partial charge is 0.348 e. The van der Waals surface area contributed by atoms with E-state index in [1.807, 2.05) is 0 Å². The minimum absolute atomic E-state index is 0.00543. The normalized spacial score (nSPS) is 10.6. The van der Waals surface area contributed by atoms with Crippen LogP contribution in [0.25, 0.3) is 5.69 Å². The number of hydrogen-bond acceptors (Lipinski definition) is 4. The Balaban J connectivity index is 2.53. The van der Waals surface area contributed by atoms with Crippen LogP contribution in [0.5, 0.6) is 0 Å². The van der Waals surface area contributed by atoms with Gasteiger partial charge in [0, 0.05) is 4.47 Å². The number of aromatic amines is 1. The van der Waals surface area contributed by atoms with Crippen molar-refractivity contribution in [3.8, 4) is 5.69 Å². The number of nitrogens with one attached hydrogen (secondary N) is 1. The molecule has 0 fully saturated rings. The van der Waals surface area contributed by atoms with Gasteiger partial charge in [-0.1, -0.05) is 17.8 Å². The van der Waals surface area contributed by atoms with Crippen LogP contribution in [0.1, 0.15) is 0 Å². The first kappa shape index (κ1) is 13.8. The molecule has 2 rings (SSSR count). The third-order valence-corrected chi connectivity index (χ3v) is 3.69. The van der Waals surface area contributed by atoms with Gasteiger partial charge in [-0.15, -0.1) is 5.10 Å². The zero-order valence-electron chi connectivity index (χ0n) is 9.26. The number of hydrogen-bond donors (Lipinski definition) is 2. The number of rotatable bonds is 4. The largest absolute Gasteiger partial charge is 0.481 e. The van der Waals surface area contributed by atoms with Crippen molar-refractivity contribution in [2.75, 3.05) is 5.75 Å². The topological polar surface area (TPSA) is 88.0 Å². The molecule has 6 nitrogen and oxygen atoms in total. The molecule has 100 valence electrons. The second-order valence-corrected chi connectivity index (χ2v) is 5.20. The lowest BCUT2D eigenvalue weighted by molar-refractivity contribution is -0.133. The highest BCUT2D eigenvalue weighted by Gasteiger charge is 2.17. The number of nitrogens with zero attached hydrogens (tertiary/aromatic N) is 2. The minimum Gasteiger partial charge on any atom is -0.481 e. The Bertz CT molecular complexity index is 665. The van der Waals surface area contributed by atoms with E-state index < -0.39 is 17.5 Å². The average molecular weight is 348 g/mol. The predicted octanol–water partition coefficient (Wildman–Crippen LogP) is 1.64. The van der Waals surface area contributed by atoms with E-state index in [2.05, 4.69) is 26.1 Å². The molecule has 0 aliphatic heterocycles. The van der Waals surface area contributed by atoms with Crippen molar-refractivity contribution in [3.63, 3.8) is 0 Å². The Kier molecular flexibility index (Phi) is 4.05. The van der Waals surface area contributed by atoms with Crippen LogP contribution in [0.4, 0.5) is 4.39 Å². The summed E-state index contributed by atoms with van der Waals surface area (Å²) in [4.78, 5) is 22.2. The van der Waals surface area contributed by atoms with E-state index in [9.17, 15) is 14.0 Å². The van der Waals surface area contributed by atoms with E-state index in [4.69, 9.17) is 5.11 Å². The highest BCUT2D eigenvalue weighted by atomic mass is 79.9. The van der Waals surface area contributed by atoms with Gasteiger partial charge in [-0.2, -0.15) is 0 Å². The summed E-state index contributed by atoms with van der Waals surface area (Å²) in [5.74, 6) is -1.95. The first-order valence-electron chi connectivity index (χ1n) is 4.97. The fourth-order valence-corrected chi connectivity index (χ4v) is 2.59. The third-order valence-electron chi connectivity index (χ3n) is 2.13. The van der Waals surface area contributed by atoms with Crippen molar-refractivity contribution in [1.29, 1.82) is 0 Å². The van der Waals surface area contributed by atoms with Gasteiger partial charge in [-0.05, 0) is 28.1 Å². The molecule has 2 aromatic rings. The SMILES string of the molecule is O=C(O)CSc1n[nH]c(=O)n1-c1c(F)cccc1Br. The molecule has 1 heterocycles. The number of halogens is 2. The van der Waals surface area contributed by atoms with Crippen LogP contribution in [0.15, 0.2) is 32.6 Å². The van der Waals surface area contributed by atoms with Crippen LogP contribution in [-0.4, -0.2) is 31.6 Å². The Morgan fingerprint density at radius 1 is 1.58 bits per heavy atom. The fourth-order valence-electron chi connectivity index (χ4n) is 1.41. The molecule has 0 spiro atoms. The summed E-state index contributed by atoms with van der Waals surface area (Å²) >= 11 is 3.97. The van der Waals surface area contributed by atoms with Gasteiger partial charge in [0.25, 0.3) is 0 Å². The van der Waals surface area contributed by atoms with Crippen LogP contribution >= 0.6 is 27.7 Å². The number of benzene rings is 1. The molecular formula is C10H7BrFN3O3S. The van der Waals surface area contributed by atoms with Gasteiger partial charge in [0.1, 0.15) is 11.5 Å². The molecule has 2 N–H and O–H groups in total. The van der Waals surface area contributed by atoms with Crippen molar-refractivity contribution >= 4 is 33.7 Å². The molecule has 0 aliphatic rings. The van der Waals surface area contributed by atoms with Crippen LogP contribution in [0.3, 0.4) is 0 Å². The van der Waals surface area contributed by atoms with Crippen molar-refractivity contribution in [2.24, 2.45) is 0 Å². The lowest BCUT2D eigenvalue weighted by Crippen LogP contribution is -2.17. The molecule has 0 saturated heterocycles. The van der Waals surface area contributed by atoms with E-state index in [1.54, 1.807) is 6.07 Å². The van der Waals surface area contributed by atoms with Crippen molar-refractivity contribution < 1.29 is 14.3 Å². The lowest BCUT2D eigenvalue weighted by atomic mass is 10.3. The number of aliphatic carboxylic acids is 1. The number of carboxylic acid groups (broad SMARTS) is 1. The van der Waals surface area contributed by atoms with E-state index >= 15 is 0 Å². The summed E-state index contributed by atoms with van der Waals surface area (Å²) in [5, 5.41) is 14.6. The Labute approximate surface area is 118 Å². The zero-order valence-corrected chi connectivity index (χ0v) is 11.7. The zero-order chi connectivity index (χ0) is 14.0. The summed E-state index contributed by atoms with van der Waals surface area (Å²) in [6.07, 6.45) is 0. The summed E-state index contributed by atoms with van der Waals surface area (Å²) in [6.45, 7) is 0. The van der Waals surface area contributed by atoms with E-state index in [-0.39, 0.29) is 16.6 Å². The molecular weight excluding hydrogens is 341 g/mol. The highest BCUT2D eigenvalue weighted by molar-refractivity contribution is 9.10. The summed E-state index contributed by atoms with van der Waals surface area (Å²) in [6, 6.07) is 4.26. The molecule has 19 heavy (non-hydrogen) atoms. The Morgan fingerprint density at radius 3 is 2.95 bits per heavy atom. The van der Waals surface area contributed by atoms with Gasteiger partial charge in [0.15, 0.2) is 5.16 Å². The average Bonchev–Trinajstić information content (AvgIpc) is 2.69. The molecule has 0 amide bonds. The van der Waals surface area contributed by atoms with Gasteiger partial charge >= 0.3 is 11.7 Å². The van der Waals surface area contributed by atoms with Crippen molar-refractivity contribution in [1.82, 2.24) is 14.8 Å². The number of carbonyl (C=O) groups is 1. The standard InChI is InChI=1S/C10H7BrFN3O3S/c11-5-2-1-3-6(12)8(5)15-9(18)13-14-10(15)19-4-7(16)17/h1-3H,4H2,(H,13,18)(H,16,17). The Hall–Kier alpha value is -1.61. The van der Waals surface area contributed by atoms with Crippen LogP contribution < -0.4 is 5.69 Å². The molecule has 1 aromatic heterocycles. The monoisotopic (exact) mass is 347 g/mol. The number of para-hydroxylation sites is 1. The minimum atomic E-state index is -1.06. The van der Waals surface area contributed by atoms with Gasteiger partial charge in [0.2, 0.25) is 0 Å². The third kappa shape index (κ3) is 2.87.